The summed E-state index contributed by atoms with van der Waals surface area (Å²) in [7, 11) is 0. The predicted octanol–water partition coefficient (Wildman–Crippen LogP) is 4.39. The Hall–Kier alpha value is -0.630. The van der Waals surface area contributed by atoms with Crippen molar-refractivity contribution in [3.05, 3.63) is 28.8 Å². The van der Waals surface area contributed by atoms with Crippen molar-refractivity contribution < 1.29 is 22.5 Å². The molecule has 1 aromatic carbocycles. The Labute approximate surface area is 136 Å². The van der Waals surface area contributed by atoms with Crippen molar-refractivity contribution in [1.29, 1.82) is 0 Å². The van der Waals surface area contributed by atoms with Gasteiger partial charge in [-0.15, -0.1) is 4.72 Å². The number of alkyl halides is 3. The van der Waals surface area contributed by atoms with E-state index in [1.165, 1.54) is 12.1 Å². The van der Waals surface area contributed by atoms with Crippen molar-refractivity contribution >= 4 is 23.0 Å². The third-order valence-corrected chi connectivity index (χ3v) is 4.69. The Morgan fingerprint density at radius 2 is 1.91 bits per heavy atom. The third-order valence-electron chi connectivity index (χ3n) is 2.68. The smallest absolute Gasteiger partial charge is 0.422 e. The Balaban J connectivity index is 2.77. The van der Waals surface area contributed by atoms with Crippen LogP contribution in [0.1, 0.15) is 39.3 Å². The average Bonchev–Trinajstić information content (AvgIpc) is 2.34. The second kappa shape index (κ2) is 7.29. The Morgan fingerprint density at radius 3 is 2.36 bits per heavy atom. The number of benzene rings is 1. The molecular weight excluding hydrogens is 339 g/mol. The van der Waals surface area contributed by atoms with Crippen molar-refractivity contribution in [2.75, 3.05) is 6.61 Å². The molecule has 8 heteroatoms. The Kier molecular flexibility index (Phi) is 6.44. The molecule has 22 heavy (non-hydrogen) atoms. The molecule has 0 aromatic heterocycles. The predicted molar refractivity (Wildman–Crippen MR) is 82.4 cm³/mol. The molecule has 0 aliphatic rings. The van der Waals surface area contributed by atoms with Crippen LogP contribution in [-0.4, -0.2) is 22.1 Å². The van der Waals surface area contributed by atoms with Gasteiger partial charge in [-0.1, -0.05) is 17.7 Å². The molecular formula is C14H19ClF3NO2S. The van der Waals surface area contributed by atoms with Crippen LogP contribution in [0.3, 0.4) is 0 Å². The molecule has 0 radical (unpaired) electrons. The molecule has 1 N–H and O–H groups in total. The maximum Gasteiger partial charge on any atom is 0.422 e. The lowest BCUT2D eigenvalue weighted by Gasteiger charge is -2.27. The fourth-order valence-corrected chi connectivity index (χ4v) is 2.65. The minimum atomic E-state index is -4.40. The summed E-state index contributed by atoms with van der Waals surface area (Å²) in [4.78, 5) is 0. The quantitative estimate of drug-likeness (QED) is 0.795. The van der Waals surface area contributed by atoms with Gasteiger partial charge in [-0.2, -0.15) is 13.2 Å². The summed E-state index contributed by atoms with van der Waals surface area (Å²) in [6, 6.07) is 3.97. The largest absolute Gasteiger partial charge is 0.598 e. The van der Waals surface area contributed by atoms with E-state index in [4.69, 9.17) is 11.6 Å². The van der Waals surface area contributed by atoms with E-state index in [2.05, 4.69) is 9.46 Å². The van der Waals surface area contributed by atoms with E-state index in [0.717, 1.165) is 0 Å². The number of hydrogen-bond donors (Lipinski definition) is 1. The maximum atomic E-state index is 12.1. The summed E-state index contributed by atoms with van der Waals surface area (Å²) >= 11 is 4.79. The first-order chi connectivity index (χ1) is 9.90. The van der Waals surface area contributed by atoms with Crippen molar-refractivity contribution in [3.63, 3.8) is 0 Å². The maximum absolute atomic E-state index is 12.1. The van der Waals surface area contributed by atoms with Crippen molar-refractivity contribution in [3.8, 4) is 5.75 Å². The van der Waals surface area contributed by atoms with Crippen molar-refractivity contribution in [2.24, 2.45) is 0 Å². The second-order valence-corrected chi connectivity index (χ2v) is 8.21. The van der Waals surface area contributed by atoms with Crippen molar-refractivity contribution in [2.45, 2.75) is 44.7 Å². The van der Waals surface area contributed by atoms with Crippen molar-refractivity contribution in [1.82, 2.24) is 4.72 Å². The number of hydrogen-bond acceptors (Lipinski definition) is 3. The fraction of sp³-hybridized carbons (Fsp3) is 0.571. The summed E-state index contributed by atoms with van der Waals surface area (Å²) in [6.07, 6.45) is -4.40. The van der Waals surface area contributed by atoms with Crippen LogP contribution in [-0.2, 0) is 11.4 Å². The zero-order valence-corrected chi connectivity index (χ0v) is 14.3. The second-order valence-electron chi connectivity index (χ2n) is 5.81. The summed E-state index contributed by atoms with van der Waals surface area (Å²) in [6.45, 7) is 5.90. The zero-order valence-electron chi connectivity index (χ0n) is 12.8. The standard InChI is InChI=1S/C14H19ClF3NO2S/c1-9(19-22(20)13(2,3)4)11-6-5-10(7-12(11)15)21-8-14(16,17)18/h5-7,9,19H,8H2,1-4H3/t9-,22?/m1/s1. The molecule has 0 heterocycles. The molecule has 0 amide bonds. The lowest BCUT2D eigenvalue weighted by molar-refractivity contribution is -0.153. The number of rotatable bonds is 5. The van der Waals surface area contributed by atoms with Gasteiger partial charge in [0.1, 0.15) is 10.5 Å². The van der Waals surface area contributed by atoms with E-state index in [-0.39, 0.29) is 16.8 Å². The highest BCUT2D eigenvalue weighted by Gasteiger charge is 2.30. The lowest BCUT2D eigenvalue weighted by atomic mass is 10.1. The normalized spacial score (nSPS) is 15.5. The molecule has 0 aliphatic heterocycles. The highest BCUT2D eigenvalue weighted by atomic mass is 35.5. The van der Waals surface area contributed by atoms with Crippen LogP contribution in [0.15, 0.2) is 18.2 Å². The molecule has 126 valence electrons. The Bertz CT molecular complexity index is 506. The molecule has 0 saturated carbocycles. The number of halogens is 4. The van der Waals surface area contributed by atoms with E-state index in [1.807, 2.05) is 20.8 Å². The van der Waals surface area contributed by atoms with Crippen LogP contribution in [0.4, 0.5) is 13.2 Å². The van der Waals surface area contributed by atoms with Gasteiger partial charge in [-0.25, -0.2) is 0 Å². The molecule has 1 aromatic rings. The van der Waals surface area contributed by atoms with Crippen LogP contribution >= 0.6 is 11.6 Å². The van der Waals surface area contributed by atoms with Crippen LogP contribution in [0, 0.1) is 0 Å². The topological polar surface area (TPSA) is 44.3 Å². The van der Waals surface area contributed by atoms with Gasteiger partial charge in [0.05, 0.1) is 6.04 Å². The average molecular weight is 358 g/mol. The zero-order chi connectivity index (χ0) is 17.1. The van der Waals surface area contributed by atoms with E-state index >= 15 is 0 Å². The molecule has 1 rings (SSSR count). The molecule has 0 bridgehead atoms. The van der Waals surface area contributed by atoms with Crippen LogP contribution in [0.5, 0.6) is 5.75 Å². The number of ether oxygens (including phenoxy) is 1. The van der Waals surface area contributed by atoms with Gasteiger partial charge in [-0.3, -0.25) is 0 Å². The molecule has 2 atom stereocenters. The van der Waals surface area contributed by atoms with Crippen LogP contribution in [0.25, 0.3) is 0 Å². The van der Waals surface area contributed by atoms with Gasteiger partial charge in [0.2, 0.25) is 0 Å². The van der Waals surface area contributed by atoms with Gasteiger partial charge in [0, 0.05) is 16.4 Å². The van der Waals surface area contributed by atoms with Crippen LogP contribution in [0.2, 0.25) is 5.02 Å². The molecule has 1 unspecified atom stereocenters. The minimum absolute atomic E-state index is 0.0372. The monoisotopic (exact) mass is 357 g/mol. The first-order valence-corrected chi connectivity index (χ1v) is 8.10. The fourth-order valence-electron chi connectivity index (χ4n) is 1.51. The summed E-state index contributed by atoms with van der Waals surface area (Å²) in [5, 5.41) is 0.255. The summed E-state index contributed by atoms with van der Waals surface area (Å²) < 4.78 is 55.5. The molecule has 0 spiro atoms. The van der Waals surface area contributed by atoms with Gasteiger partial charge >= 0.3 is 6.18 Å². The highest BCUT2D eigenvalue weighted by Crippen LogP contribution is 2.29. The third kappa shape index (κ3) is 6.24. The first kappa shape index (κ1) is 19.4. The highest BCUT2D eigenvalue weighted by molar-refractivity contribution is 7.90. The number of nitrogens with one attached hydrogen (secondary N) is 1. The lowest BCUT2D eigenvalue weighted by Crippen LogP contribution is -2.40. The first-order valence-electron chi connectivity index (χ1n) is 6.57. The van der Waals surface area contributed by atoms with Crippen LogP contribution < -0.4 is 9.46 Å². The summed E-state index contributed by atoms with van der Waals surface area (Å²) in [5.74, 6) is 0.0372. The van der Waals surface area contributed by atoms with E-state index in [9.17, 15) is 17.7 Å². The van der Waals surface area contributed by atoms with E-state index in [0.29, 0.717) is 5.56 Å². The van der Waals surface area contributed by atoms with Gasteiger partial charge in [-0.05, 0) is 45.4 Å². The van der Waals surface area contributed by atoms with Gasteiger partial charge in [0.25, 0.3) is 0 Å². The SMILES string of the molecule is C[C@@H](N[S+]([O-])C(C)(C)C)c1ccc(OCC(F)(F)F)cc1Cl. The van der Waals surface area contributed by atoms with Gasteiger partial charge < -0.3 is 9.29 Å². The summed E-state index contributed by atoms with van der Waals surface area (Å²) in [5.41, 5.74) is 0.638. The minimum Gasteiger partial charge on any atom is -0.598 e. The Morgan fingerprint density at radius 1 is 1.32 bits per heavy atom. The van der Waals surface area contributed by atoms with E-state index in [1.54, 1.807) is 13.0 Å². The van der Waals surface area contributed by atoms with E-state index < -0.39 is 28.9 Å². The molecule has 0 fully saturated rings. The molecule has 3 nitrogen and oxygen atoms in total. The molecule has 0 saturated heterocycles. The van der Waals surface area contributed by atoms with Gasteiger partial charge in [0.15, 0.2) is 6.61 Å². The molecule has 0 aliphatic carbocycles.